The van der Waals surface area contributed by atoms with Crippen LogP contribution in [0.5, 0.6) is 0 Å². The van der Waals surface area contributed by atoms with Gasteiger partial charge in [-0.15, -0.1) is 0 Å². The number of carboxylic acids is 1. The minimum absolute atomic E-state index is 0.0645. The maximum Gasteiger partial charge on any atom is 0.336 e. The van der Waals surface area contributed by atoms with Crippen molar-refractivity contribution in [3.8, 4) is 0 Å². The highest BCUT2D eigenvalue weighted by molar-refractivity contribution is 6.02. The Hall–Kier alpha value is -2.14. The molecule has 0 aliphatic heterocycles. The van der Waals surface area contributed by atoms with E-state index in [4.69, 9.17) is 0 Å². The van der Waals surface area contributed by atoms with Crippen LogP contribution in [-0.4, -0.2) is 40.2 Å². The van der Waals surface area contributed by atoms with Gasteiger partial charge in [-0.25, -0.2) is 4.79 Å². The highest BCUT2D eigenvalue weighted by Crippen LogP contribution is 2.16. The molecule has 0 radical (unpaired) electrons. The number of carboxylic acid groups (broad SMARTS) is 1. The lowest BCUT2D eigenvalue weighted by atomic mass is 10.1. The van der Waals surface area contributed by atoms with Gasteiger partial charge in [0.2, 0.25) is 0 Å². The molecule has 0 saturated carbocycles. The molecular weight excluding hydrogens is 268 g/mol. The molecule has 0 unspecified atom stereocenters. The Morgan fingerprint density at radius 1 is 1.24 bits per heavy atom. The first kappa shape index (κ1) is 15.3. The van der Waals surface area contributed by atoms with Gasteiger partial charge in [-0.05, 0) is 19.2 Å². The lowest BCUT2D eigenvalue weighted by Gasteiger charge is -2.19. The van der Waals surface area contributed by atoms with E-state index in [2.05, 4.69) is 18.7 Å². The van der Waals surface area contributed by atoms with Crippen LogP contribution in [0.1, 0.15) is 24.2 Å². The Balaban J connectivity index is 2.50. The molecule has 112 valence electrons. The Kier molecular flexibility index (Phi) is 4.75. The first-order valence-corrected chi connectivity index (χ1v) is 7.16. The molecule has 0 atom stereocenters. The highest BCUT2D eigenvalue weighted by atomic mass is 16.4. The third-order valence-electron chi connectivity index (χ3n) is 3.78. The van der Waals surface area contributed by atoms with Crippen LogP contribution in [-0.2, 0) is 6.54 Å². The summed E-state index contributed by atoms with van der Waals surface area (Å²) in [7, 11) is 0. The first-order chi connectivity index (χ1) is 10.1. The zero-order valence-electron chi connectivity index (χ0n) is 12.4. The van der Waals surface area contributed by atoms with Crippen molar-refractivity contribution < 1.29 is 9.90 Å². The maximum atomic E-state index is 12.2. The fourth-order valence-electron chi connectivity index (χ4n) is 2.52. The fraction of sp³-hybridized carbons (Fsp3) is 0.375. The van der Waals surface area contributed by atoms with Crippen LogP contribution in [0, 0.1) is 0 Å². The number of aromatic carboxylic acids is 1. The number of carbonyl (C=O) groups is 1. The van der Waals surface area contributed by atoms with Gasteiger partial charge in [-0.3, -0.25) is 4.79 Å². The van der Waals surface area contributed by atoms with Crippen LogP contribution in [0.4, 0.5) is 0 Å². The Labute approximate surface area is 123 Å². The number of fused-ring (bicyclic) bond motifs is 1. The molecule has 1 heterocycles. The predicted molar refractivity (Wildman–Crippen MR) is 83.0 cm³/mol. The van der Waals surface area contributed by atoms with E-state index in [0.717, 1.165) is 19.6 Å². The SMILES string of the molecule is CCN(CC)CCn1c(=O)cc(C(=O)O)c2ccccc21. The lowest BCUT2D eigenvalue weighted by Crippen LogP contribution is -2.31. The number of hydrogen-bond donors (Lipinski definition) is 1. The molecule has 0 aliphatic carbocycles. The van der Waals surface area contributed by atoms with E-state index in [0.29, 0.717) is 17.4 Å². The van der Waals surface area contributed by atoms with Crippen LogP contribution in [0.2, 0.25) is 0 Å². The summed E-state index contributed by atoms with van der Waals surface area (Å²) in [6.45, 7) is 7.34. The van der Waals surface area contributed by atoms with Crippen molar-refractivity contribution in [1.82, 2.24) is 9.47 Å². The first-order valence-electron chi connectivity index (χ1n) is 7.16. The molecule has 0 amide bonds. The van der Waals surface area contributed by atoms with Crippen molar-refractivity contribution in [1.29, 1.82) is 0 Å². The van der Waals surface area contributed by atoms with Crippen LogP contribution in [0.3, 0.4) is 0 Å². The van der Waals surface area contributed by atoms with Crippen molar-refractivity contribution in [2.45, 2.75) is 20.4 Å². The molecule has 0 bridgehead atoms. The largest absolute Gasteiger partial charge is 0.478 e. The molecule has 0 fully saturated rings. The van der Waals surface area contributed by atoms with E-state index in [9.17, 15) is 14.7 Å². The average Bonchev–Trinajstić information content (AvgIpc) is 2.49. The van der Waals surface area contributed by atoms with Gasteiger partial charge in [0, 0.05) is 24.5 Å². The zero-order chi connectivity index (χ0) is 15.4. The summed E-state index contributed by atoms with van der Waals surface area (Å²) in [6.07, 6.45) is 0. The van der Waals surface area contributed by atoms with E-state index in [1.165, 1.54) is 6.07 Å². The molecule has 2 rings (SSSR count). The number of hydrogen-bond acceptors (Lipinski definition) is 3. The predicted octanol–water partition coefficient (Wildman–Crippen LogP) is 2.04. The van der Waals surface area contributed by atoms with Gasteiger partial charge >= 0.3 is 5.97 Å². The van der Waals surface area contributed by atoms with Gasteiger partial charge < -0.3 is 14.6 Å². The minimum atomic E-state index is -1.07. The summed E-state index contributed by atoms with van der Waals surface area (Å²) in [5, 5.41) is 9.84. The molecule has 1 aromatic heterocycles. The van der Waals surface area contributed by atoms with Gasteiger partial charge in [0.1, 0.15) is 0 Å². The second kappa shape index (κ2) is 6.54. The lowest BCUT2D eigenvalue weighted by molar-refractivity contribution is 0.0698. The molecule has 21 heavy (non-hydrogen) atoms. The normalized spacial score (nSPS) is 11.2. The molecule has 5 nitrogen and oxygen atoms in total. The number of nitrogens with zero attached hydrogens (tertiary/aromatic N) is 2. The average molecular weight is 288 g/mol. The standard InChI is InChI=1S/C16H20N2O3/c1-3-17(4-2)9-10-18-14-8-6-5-7-12(14)13(16(20)21)11-15(18)19/h5-8,11H,3-4,9-10H2,1-2H3,(H,20,21). The van der Waals surface area contributed by atoms with E-state index in [1.807, 2.05) is 6.07 Å². The van der Waals surface area contributed by atoms with Gasteiger partial charge in [-0.2, -0.15) is 0 Å². The van der Waals surface area contributed by atoms with E-state index in [-0.39, 0.29) is 11.1 Å². The Morgan fingerprint density at radius 2 is 1.90 bits per heavy atom. The quantitative estimate of drug-likeness (QED) is 0.883. The van der Waals surface area contributed by atoms with Gasteiger partial charge in [0.05, 0.1) is 11.1 Å². The third-order valence-corrected chi connectivity index (χ3v) is 3.78. The van der Waals surface area contributed by atoms with Crippen molar-refractivity contribution in [3.05, 3.63) is 46.2 Å². The van der Waals surface area contributed by atoms with Crippen molar-refractivity contribution in [2.75, 3.05) is 19.6 Å². The second-order valence-electron chi connectivity index (χ2n) is 4.90. The van der Waals surface area contributed by atoms with E-state index < -0.39 is 5.97 Å². The molecule has 2 aromatic rings. The second-order valence-corrected chi connectivity index (χ2v) is 4.90. The smallest absolute Gasteiger partial charge is 0.336 e. The summed E-state index contributed by atoms with van der Waals surface area (Å²) in [5.74, 6) is -1.07. The van der Waals surface area contributed by atoms with Crippen LogP contribution in [0.25, 0.3) is 10.9 Å². The number of benzene rings is 1. The van der Waals surface area contributed by atoms with Crippen LogP contribution in [0.15, 0.2) is 35.1 Å². The zero-order valence-corrected chi connectivity index (χ0v) is 12.4. The van der Waals surface area contributed by atoms with Crippen molar-refractivity contribution >= 4 is 16.9 Å². The van der Waals surface area contributed by atoms with Gasteiger partial charge in [0.25, 0.3) is 5.56 Å². The van der Waals surface area contributed by atoms with E-state index in [1.54, 1.807) is 22.8 Å². The number of aromatic nitrogens is 1. The molecular formula is C16H20N2O3. The molecule has 0 spiro atoms. The molecule has 0 saturated heterocycles. The molecule has 0 aliphatic rings. The molecule has 1 N–H and O–H groups in total. The summed E-state index contributed by atoms with van der Waals surface area (Å²) < 4.78 is 1.65. The van der Waals surface area contributed by atoms with Crippen LogP contribution >= 0.6 is 0 Å². The van der Waals surface area contributed by atoms with Crippen LogP contribution < -0.4 is 5.56 Å². The summed E-state index contributed by atoms with van der Waals surface area (Å²) in [5.41, 5.74) is 0.475. The topological polar surface area (TPSA) is 62.5 Å². The fourth-order valence-corrected chi connectivity index (χ4v) is 2.52. The minimum Gasteiger partial charge on any atom is -0.478 e. The van der Waals surface area contributed by atoms with E-state index >= 15 is 0 Å². The third kappa shape index (κ3) is 3.13. The number of pyridine rings is 1. The number of likely N-dealkylation sites (N-methyl/N-ethyl adjacent to an activating group) is 1. The Bertz CT molecular complexity index is 702. The summed E-state index contributed by atoms with van der Waals surface area (Å²) in [6, 6.07) is 8.36. The molecule has 1 aromatic carbocycles. The number of rotatable bonds is 6. The summed E-state index contributed by atoms with van der Waals surface area (Å²) >= 11 is 0. The van der Waals surface area contributed by atoms with Gasteiger partial charge in [-0.1, -0.05) is 32.0 Å². The maximum absolute atomic E-state index is 12.2. The highest BCUT2D eigenvalue weighted by Gasteiger charge is 2.13. The Morgan fingerprint density at radius 3 is 2.52 bits per heavy atom. The number of para-hydroxylation sites is 1. The molecule has 5 heteroatoms. The van der Waals surface area contributed by atoms with Crippen molar-refractivity contribution in [2.24, 2.45) is 0 Å². The van der Waals surface area contributed by atoms with Crippen molar-refractivity contribution in [3.63, 3.8) is 0 Å². The van der Waals surface area contributed by atoms with Gasteiger partial charge in [0.15, 0.2) is 0 Å². The monoisotopic (exact) mass is 288 g/mol. The summed E-state index contributed by atoms with van der Waals surface area (Å²) in [4.78, 5) is 25.7.